The Morgan fingerprint density at radius 2 is 1.58 bits per heavy atom. The Balaban J connectivity index is 2.65. The molecule has 2 rings (SSSR count). The van der Waals surface area contributed by atoms with Gasteiger partial charge < -0.3 is 4.74 Å². The van der Waals surface area contributed by atoms with Gasteiger partial charge in [0.2, 0.25) is 5.88 Å². The van der Waals surface area contributed by atoms with E-state index in [1.54, 1.807) is 0 Å². The Kier molecular flexibility index (Phi) is 11.7. The molecule has 1 aromatic rings. The topological polar surface area (TPSA) is 24.8 Å². The third kappa shape index (κ3) is 7.70. The monoisotopic (exact) mass is 454 g/mol. The average molecular weight is 455 g/mol. The van der Waals surface area contributed by atoms with E-state index in [1.165, 1.54) is 67.5 Å². The minimum absolute atomic E-state index is 0.397. The van der Waals surface area contributed by atoms with Crippen LogP contribution < -0.4 is 0 Å². The number of hydrogen-bond acceptors (Lipinski definition) is 3. The standard InChI is InChI=1S/C30H50N2O/c1-9-16-27(32-19-13-12-14-20-32)28(23(6)7)30(33-21-22(4)5)31-24(8)29-25(10-2)17-15-18-26(29)11-3/h15,17-18,22-23,27H,9-14,16,19-21H2,1-8H3/b30-28-,31-24+. The van der Waals surface area contributed by atoms with Gasteiger partial charge in [-0.3, -0.25) is 4.90 Å². The van der Waals surface area contributed by atoms with Crippen molar-refractivity contribution in [1.29, 1.82) is 0 Å². The quantitative estimate of drug-likeness (QED) is 0.237. The fraction of sp³-hybridized carbons (Fsp3) is 0.700. The largest absolute Gasteiger partial charge is 0.477 e. The predicted octanol–water partition coefficient (Wildman–Crippen LogP) is 7.82. The van der Waals surface area contributed by atoms with Crippen LogP contribution in [-0.4, -0.2) is 36.3 Å². The highest BCUT2D eigenvalue weighted by atomic mass is 16.5. The van der Waals surface area contributed by atoms with Crippen molar-refractivity contribution in [3.63, 3.8) is 0 Å². The van der Waals surface area contributed by atoms with Crippen molar-refractivity contribution in [3.05, 3.63) is 46.3 Å². The summed E-state index contributed by atoms with van der Waals surface area (Å²) in [6.45, 7) is 21.2. The summed E-state index contributed by atoms with van der Waals surface area (Å²) in [4.78, 5) is 8.01. The lowest BCUT2D eigenvalue weighted by Crippen LogP contribution is -2.42. The second-order valence-electron chi connectivity index (χ2n) is 10.4. The number of nitrogens with zero attached hydrogens (tertiary/aromatic N) is 2. The summed E-state index contributed by atoms with van der Waals surface area (Å²) in [5.41, 5.74) is 6.57. The molecule has 1 atom stereocenters. The zero-order chi connectivity index (χ0) is 24.4. The first kappa shape index (κ1) is 27.6. The summed E-state index contributed by atoms with van der Waals surface area (Å²) in [5, 5.41) is 0. The maximum atomic E-state index is 6.55. The molecule has 1 saturated heterocycles. The fourth-order valence-electron chi connectivity index (χ4n) is 5.15. The van der Waals surface area contributed by atoms with Crippen molar-refractivity contribution in [1.82, 2.24) is 4.90 Å². The average Bonchev–Trinajstić information content (AvgIpc) is 2.81. The van der Waals surface area contributed by atoms with E-state index in [-0.39, 0.29) is 0 Å². The normalized spacial score (nSPS) is 17.5. The molecular formula is C30H50N2O. The van der Waals surface area contributed by atoms with Gasteiger partial charge in [0.25, 0.3) is 0 Å². The van der Waals surface area contributed by atoms with Gasteiger partial charge >= 0.3 is 0 Å². The zero-order valence-electron chi connectivity index (χ0n) is 22.8. The molecule has 0 spiro atoms. The summed E-state index contributed by atoms with van der Waals surface area (Å²) in [7, 11) is 0. The minimum Gasteiger partial charge on any atom is -0.477 e. The highest BCUT2D eigenvalue weighted by molar-refractivity contribution is 6.02. The summed E-state index contributed by atoms with van der Waals surface area (Å²) >= 11 is 0. The van der Waals surface area contributed by atoms with E-state index in [0.29, 0.717) is 24.5 Å². The molecule has 186 valence electrons. The first-order chi connectivity index (χ1) is 15.8. The zero-order valence-corrected chi connectivity index (χ0v) is 22.8. The van der Waals surface area contributed by atoms with Crippen LogP contribution in [0.5, 0.6) is 0 Å². The highest BCUT2D eigenvalue weighted by Gasteiger charge is 2.29. The molecule has 1 unspecified atom stereocenters. The first-order valence-electron chi connectivity index (χ1n) is 13.6. The molecule has 1 aliphatic rings. The Morgan fingerprint density at radius 1 is 0.970 bits per heavy atom. The lowest BCUT2D eigenvalue weighted by atomic mass is 9.90. The molecule has 0 amide bonds. The van der Waals surface area contributed by atoms with Gasteiger partial charge in [0.1, 0.15) is 0 Å². The lowest BCUT2D eigenvalue weighted by molar-refractivity contribution is 0.142. The van der Waals surface area contributed by atoms with E-state index in [1.807, 2.05) is 0 Å². The molecule has 1 aliphatic heterocycles. The molecule has 1 fully saturated rings. The van der Waals surface area contributed by atoms with Crippen molar-refractivity contribution in [3.8, 4) is 0 Å². The molecule has 0 aromatic heterocycles. The van der Waals surface area contributed by atoms with Crippen molar-refractivity contribution in [2.75, 3.05) is 19.7 Å². The van der Waals surface area contributed by atoms with Gasteiger partial charge in [-0.15, -0.1) is 0 Å². The fourth-order valence-corrected chi connectivity index (χ4v) is 5.15. The smallest absolute Gasteiger partial charge is 0.214 e. The maximum absolute atomic E-state index is 6.55. The number of aliphatic imine (C=N–C) groups is 1. The molecule has 1 heterocycles. The number of hydrogen-bond donors (Lipinski definition) is 0. The summed E-state index contributed by atoms with van der Waals surface area (Å²) in [6, 6.07) is 7.11. The highest BCUT2D eigenvalue weighted by Crippen LogP contribution is 2.31. The van der Waals surface area contributed by atoms with Crippen LogP contribution in [0.1, 0.15) is 104 Å². The first-order valence-corrected chi connectivity index (χ1v) is 13.6. The van der Waals surface area contributed by atoms with E-state index in [9.17, 15) is 0 Å². The number of piperidine rings is 1. The third-order valence-corrected chi connectivity index (χ3v) is 6.80. The van der Waals surface area contributed by atoms with Crippen molar-refractivity contribution >= 4 is 5.71 Å². The second kappa shape index (κ2) is 13.9. The van der Waals surface area contributed by atoms with E-state index in [4.69, 9.17) is 9.73 Å². The van der Waals surface area contributed by atoms with Gasteiger partial charge in [-0.2, -0.15) is 0 Å². The maximum Gasteiger partial charge on any atom is 0.214 e. The molecule has 33 heavy (non-hydrogen) atoms. The van der Waals surface area contributed by atoms with Gasteiger partial charge in [-0.1, -0.05) is 79.5 Å². The summed E-state index contributed by atoms with van der Waals surface area (Å²) in [6.07, 6.45) is 8.35. The van der Waals surface area contributed by atoms with Crippen LogP contribution in [-0.2, 0) is 17.6 Å². The molecule has 3 nitrogen and oxygen atoms in total. The van der Waals surface area contributed by atoms with Crippen LogP contribution in [0.15, 0.2) is 34.6 Å². The Labute approximate surface area is 204 Å². The van der Waals surface area contributed by atoms with E-state index in [0.717, 1.165) is 24.4 Å². The van der Waals surface area contributed by atoms with Crippen LogP contribution in [0, 0.1) is 11.8 Å². The van der Waals surface area contributed by atoms with E-state index >= 15 is 0 Å². The van der Waals surface area contributed by atoms with Crippen LogP contribution in [0.3, 0.4) is 0 Å². The summed E-state index contributed by atoms with van der Waals surface area (Å²) in [5.74, 6) is 1.75. The SMILES string of the molecule is CCCC(/C(=C(/N=C(\C)c1c(CC)cccc1CC)OCC(C)C)C(C)C)N1CCCCC1. The molecule has 1 aromatic carbocycles. The molecule has 0 aliphatic carbocycles. The Bertz CT molecular complexity index is 762. The number of likely N-dealkylation sites (tertiary alicyclic amines) is 1. The minimum atomic E-state index is 0.397. The van der Waals surface area contributed by atoms with E-state index < -0.39 is 0 Å². The number of rotatable bonds is 12. The van der Waals surface area contributed by atoms with Gasteiger partial charge in [0.15, 0.2) is 0 Å². The molecule has 0 radical (unpaired) electrons. The van der Waals surface area contributed by atoms with Crippen molar-refractivity contribution in [2.45, 2.75) is 106 Å². The van der Waals surface area contributed by atoms with Crippen molar-refractivity contribution in [2.24, 2.45) is 16.8 Å². The Hall–Kier alpha value is -1.61. The second-order valence-corrected chi connectivity index (χ2v) is 10.4. The third-order valence-electron chi connectivity index (χ3n) is 6.80. The molecular weight excluding hydrogens is 404 g/mol. The van der Waals surface area contributed by atoms with Crippen LogP contribution >= 0.6 is 0 Å². The molecule has 3 heteroatoms. The van der Waals surface area contributed by atoms with Gasteiger partial charge in [0, 0.05) is 22.9 Å². The molecule has 0 N–H and O–H groups in total. The predicted molar refractivity (Wildman–Crippen MR) is 144 cm³/mol. The van der Waals surface area contributed by atoms with Crippen LogP contribution in [0.25, 0.3) is 0 Å². The van der Waals surface area contributed by atoms with Gasteiger partial charge in [-0.25, -0.2) is 4.99 Å². The Morgan fingerprint density at radius 3 is 2.06 bits per heavy atom. The number of ether oxygens (including phenoxy) is 1. The van der Waals surface area contributed by atoms with E-state index in [2.05, 4.69) is 78.5 Å². The number of benzene rings is 1. The van der Waals surface area contributed by atoms with Crippen LogP contribution in [0.2, 0.25) is 0 Å². The lowest BCUT2D eigenvalue weighted by Gasteiger charge is -2.37. The summed E-state index contributed by atoms with van der Waals surface area (Å²) < 4.78 is 6.55. The molecule has 0 bridgehead atoms. The van der Waals surface area contributed by atoms with Gasteiger partial charge in [-0.05, 0) is 75.1 Å². The number of aryl methyl sites for hydroxylation is 2. The van der Waals surface area contributed by atoms with Crippen molar-refractivity contribution < 1.29 is 4.74 Å². The molecule has 0 saturated carbocycles. The van der Waals surface area contributed by atoms with Crippen LogP contribution in [0.4, 0.5) is 0 Å². The van der Waals surface area contributed by atoms with Gasteiger partial charge in [0.05, 0.1) is 6.61 Å².